The Bertz CT molecular complexity index is 1920. The van der Waals surface area contributed by atoms with Crippen molar-refractivity contribution < 1.29 is 28.2 Å². The van der Waals surface area contributed by atoms with Crippen LogP contribution < -0.4 is 9.64 Å². The molecule has 0 aliphatic carbocycles. The molecule has 1 saturated heterocycles. The number of nitrogens with zero attached hydrogens (tertiary/aromatic N) is 6. The Morgan fingerprint density at radius 2 is 2.05 bits per heavy atom. The number of pyridine rings is 1. The first-order chi connectivity index (χ1) is 21.3. The van der Waals surface area contributed by atoms with Crippen molar-refractivity contribution in [3.05, 3.63) is 82.1 Å². The lowest BCUT2D eigenvalue weighted by molar-refractivity contribution is -0.0592. The molecule has 0 radical (unpaired) electrons. The molecule has 5 heterocycles. The van der Waals surface area contributed by atoms with E-state index in [9.17, 15) is 14.3 Å². The minimum Gasteiger partial charge on any atom is -0.478 e. The van der Waals surface area contributed by atoms with E-state index in [1.165, 1.54) is 6.07 Å². The van der Waals surface area contributed by atoms with Crippen LogP contribution in [0.3, 0.4) is 0 Å². The summed E-state index contributed by atoms with van der Waals surface area (Å²) in [4.78, 5) is 22.7. The predicted molar refractivity (Wildman–Crippen MR) is 162 cm³/mol. The smallest absolute Gasteiger partial charge is 0.335 e. The fourth-order valence-corrected chi connectivity index (χ4v) is 5.62. The fourth-order valence-electron chi connectivity index (χ4n) is 5.42. The molecule has 0 bridgehead atoms. The second kappa shape index (κ2) is 11.4. The second-order valence-electron chi connectivity index (χ2n) is 10.8. The van der Waals surface area contributed by atoms with Gasteiger partial charge in [0.2, 0.25) is 5.88 Å². The molecule has 3 aromatic heterocycles. The summed E-state index contributed by atoms with van der Waals surface area (Å²) in [5.41, 5.74) is 2.01. The van der Waals surface area contributed by atoms with Crippen LogP contribution in [0, 0.1) is 12.7 Å². The van der Waals surface area contributed by atoms with Crippen molar-refractivity contribution in [1.29, 1.82) is 0 Å². The van der Waals surface area contributed by atoms with Gasteiger partial charge in [-0.2, -0.15) is 10.1 Å². The third-order valence-electron chi connectivity index (χ3n) is 7.80. The van der Waals surface area contributed by atoms with Gasteiger partial charge in [-0.25, -0.2) is 14.2 Å². The SMILES string of the molecule is Cc1cc2c(Cl)ccc(COc3cccc(N4C=NN(Cc5nc6c(F)cc(C(=O)O)cc6n5C[C@@H]5CCO5)CC4)n3)c2o1. The van der Waals surface area contributed by atoms with Crippen LogP contribution in [0.2, 0.25) is 5.02 Å². The van der Waals surface area contributed by atoms with Crippen LogP contribution in [0.15, 0.2) is 58.0 Å². The molecule has 11 nitrogen and oxygen atoms in total. The Morgan fingerprint density at radius 3 is 2.80 bits per heavy atom. The van der Waals surface area contributed by atoms with E-state index in [0.717, 1.165) is 29.2 Å². The van der Waals surface area contributed by atoms with E-state index < -0.39 is 11.8 Å². The monoisotopic (exact) mass is 618 g/mol. The van der Waals surface area contributed by atoms with E-state index >= 15 is 0 Å². The minimum atomic E-state index is -1.20. The summed E-state index contributed by atoms with van der Waals surface area (Å²) in [6.07, 6.45) is 2.53. The van der Waals surface area contributed by atoms with E-state index in [1.54, 1.807) is 12.4 Å². The summed E-state index contributed by atoms with van der Waals surface area (Å²) in [6, 6.07) is 13.6. The van der Waals surface area contributed by atoms with Crippen LogP contribution >= 0.6 is 11.6 Å². The molecule has 2 aromatic carbocycles. The quantitative estimate of drug-likeness (QED) is 0.225. The number of hydrogen-bond acceptors (Lipinski definition) is 9. The number of imidazole rings is 1. The Morgan fingerprint density at radius 1 is 1.18 bits per heavy atom. The van der Waals surface area contributed by atoms with Crippen LogP contribution in [0.25, 0.3) is 22.0 Å². The molecule has 226 valence electrons. The van der Waals surface area contributed by atoms with Gasteiger partial charge in [-0.15, -0.1) is 0 Å². The Kier molecular flexibility index (Phi) is 7.31. The summed E-state index contributed by atoms with van der Waals surface area (Å²) in [6.45, 7) is 4.72. The number of hydrazone groups is 1. The van der Waals surface area contributed by atoms with Crippen molar-refractivity contribution >= 4 is 51.7 Å². The molecule has 1 fully saturated rings. The Labute approximate surface area is 256 Å². The molecular weight excluding hydrogens is 591 g/mol. The molecule has 1 atom stereocenters. The molecule has 0 amide bonds. The highest BCUT2D eigenvalue weighted by atomic mass is 35.5. The van der Waals surface area contributed by atoms with Gasteiger partial charge in [0.1, 0.15) is 41.4 Å². The van der Waals surface area contributed by atoms with Gasteiger partial charge >= 0.3 is 5.97 Å². The molecule has 44 heavy (non-hydrogen) atoms. The number of halogens is 2. The molecule has 7 rings (SSSR count). The molecular formula is C31H28ClFN6O5. The highest BCUT2D eigenvalue weighted by Gasteiger charge is 2.25. The standard InChI is InChI=1S/C31H28ClFN6O5/c1-18-11-22-23(32)6-5-19(30(22)44-18)16-43-28-4-2-3-26(35-28)37-8-9-38(34-17-37)15-27-36-29-24(33)12-20(31(40)41)13-25(29)39(27)14-21-7-10-42-21/h2-6,11-13,17,21H,7-10,14-16H2,1H3,(H,40,41)/t21-/m0/s1. The summed E-state index contributed by atoms with van der Waals surface area (Å²) in [5, 5.41) is 17.4. The zero-order valence-electron chi connectivity index (χ0n) is 23.7. The van der Waals surface area contributed by atoms with E-state index in [2.05, 4.69) is 15.1 Å². The number of hydrogen-bond donors (Lipinski definition) is 1. The van der Waals surface area contributed by atoms with Crippen molar-refractivity contribution in [1.82, 2.24) is 19.5 Å². The molecule has 0 saturated carbocycles. The van der Waals surface area contributed by atoms with E-state index in [-0.39, 0.29) is 23.8 Å². The lowest BCUT2D eigenvalue weighted by Gasteiger charge is -2.30. The normalized spacial score (nSPS) is 16.6. The first kappa shape index (κ1) is 28.1. The highest BCUT2D eigenvalue weighted by molar-refractivity contribution is 6.35. The van der Waals surface area contributed by atoms with Gasteiger partial charge in [0, 0.05) is 30.2 Å². The van der Waals surface area contributed by atoms with Crippen molar-refractivity contribution in [2.75, 3.05) is 24.6 Å². The number of aryl methyl sites for hydroxylation is 1. The lowest BCUT2D eigenvalue weighted by Crippen LogP contribution is -2.38. The van der Waals surface area contributed by atoms with Crippen molar-refractivity contribution in [2.45, 2.75) is 39.1 Å². The minimum absolute atomic E-state index is 0.0301. The van der Waals surface area contributed by atoms with Crippen molar-refractivity contribution in [2.24, 2.45) is 5.10 Å². The van der Waals surface area contributed by atoms with Gasteiger partial charge in [-0.1, -0.05) is 23.7 Å². The first-order valence-electron chi connectivity index (χ1n) is 14.2. The van der Waals surface area contributed by atoms with E-state index in [1.807, 2.05) is 51.7 Å². The zero-order valence-corrected chi connectivity index (χ0v) is 24.5. The molecule has 2 aliphatic heterocycles. The van der Waals surface area contributed by atoms with Crippen LogP contribution in [0.1, 0.15) is 33.9 Å². The maximum absolute atomic E-state index is 14.9. The summed E-state index contributed by atoms with van der Waals surface area (Å²) >= 11 is 6.32. The number of carboxylic acid groups (broad SMARTS) is 1. The summed E-state index contributed by atoms with van der Waals surface area (Å²) in [7, 11) is 0. The van der Waals surface area contributed by atoms with Crippen molar-refractivity contribution in [3.63, 3.8) is 0 Å². The van der Waals surface area contributed by atoms with Gasteiger partial charge in [0.05, 0.1) is 41.8 Å². The summed E-state index contributed by atoms with van der Waals surface area (Å²) < 4.78 is 34.2. The van der Waals surface area contributed by atoms with Gasteiger partial charge < -0.3 is 28.5 Å². The number of ether oxygens (including phenoxy) is 2. The molecule has 5 aromatic rings. The van der Waals surface area contributed by atoms with E-state index in [4.69, 9.17) is 25.5 Å². The Balaban J connectivity index is 1.06. The van der Waals surface area contributed by atoms with Crippen molar-refractivity contribution in [3.8, 4) is 5.88 Å². The largest absolute Gasteiger partial charge is 0.478 e. The third-order valence-corrected chi connectivity index (χ3v) is 8.13. The number of rotatable bonds is 9. The number of furan rings is 1. The third kappa shape index (κ3) is 5.42. The summed E-state index contributed by atoms with van der Waals surface area (Å²) in [5.74, 6) is 0.628. The Hall–Kier alpha value is -4.68. The number of fused-ring (bicyclic) bond motifs is 2. The van der Waals surface area contributed by atoms with Gasteiger partial charge in [-0.05, 0) is 43.7 Å². The number of aromatic carboxylic acids is 1. The van der Waals surface area contributed by atoms with Gasteiger partial charge in [0.25, 0.3) is 0 Å². The van der Waals surface area contributed by atoms with Crippen LogP contribution in [-0.2, 0) is 24.4 Å². The molecule has 0 spiro atoms. The van der Waals surface area contributed by atoms with Gasteiger partial charge in [-0.3, -0.25) is 5.01 Å². The van der Waals surface area contributed by atoms with E-state index in [0.29, 0.717) is 66.4 Å². The number of benzene rings is 2. The molecule has 2 aliphatic rings. The zero-order chi connectivity index (χ0) is 30.4. The van der Waals surface area contributed by atoms with Crippen LogP contribution in [0.4, 0.5) is 10.2 Å². The first-order valence-corrected chi connectivity index (χ1v) is 14.6. The average Bonchev–Trinajstić information content (AvgIpc) is 3.56. The molecule has 1 N–H and O–H groups in total. The number of carboxylic acids is 1. The predicted octanol–water partition coefficient (Wildman–Crippen LogP) is 5.61. The maximum Gasteiger partial charge on any atom is 0.335 e. The fraction of sp³-hybridized carbons (Fsp3) is 0.290. The number of anilines is 1. The molecule has 13 heteroatoms. The number of carbonyl (C=O) groups is 1. The second-order valence-corrected chi connectivity index (χ2v) is 11.2. The van der Waals surface area contributed by atoms with Gasteiger partial charge in [0.15, 0.2) is 5.82 Å². The lowest BCUT2D eigenvalue weighted by atomic mass is 10.1. The topological polar surface area (TPSA) is 118 Å². The highest BCUT2D eigenvalue weighted by Crippen LogP contribution is 2.31. The maximum atomic E-state index is 14.9. The van der Waals surface area contributed by atoms with Crippen LogP contribution in [-0.4, -0.2) is 62.8 Å². The average molecular weight is 619 g/mol. The van der Waals surface area contributed by atoms with Crippen LogP contribution in [0.5, 0.6) is 5.88 Å². The molecule has 0 unspecified atom stereocenters. The number of aromatic nitrogens is 3.